The van der Waals surface area contributed by atoms with E-state index >= 15 is 0 Å². The smallest absolute Gasteiger partial charge is 0.255 e. The van der Waals surface area contributed by atoms with E-state index in [1.807, 2.05) is 60.7 Å². The van der Waals surface area contributed by atoms with Gasteiger partial charge in [-0.1, -0.05) is 68.7 Å². The minimum absolute atomic E-state index is 0.203. The number of ether oxygens (including phenoxy) is 2. The zero-order valence-corrected chi connectivity index (χ0v) is 19.4. The third-order valence-electron chi connectivity index (χ3n) is 4.82. The van der Waals surface area contributed by atoms with Gasteiger partial charge in [-0.05, 0) is 58.2 Å². The molecule has 0 aliphatic heterocycles. The number of para-hydroxylation sites is 2. The van der Waals surface area contributed by atoms with Gasteiger partial charge in [0, 0.05) is 5.56 Å². The highest BCUT2D eigenvalue weighted by atomic mass is 79.9. The van der Waals surface area contributed by atoms with Gasteiger partial charge in [-0.2, -0.15) is 0 Å². The summed E-state index contributed by atoms with van der Waals surface area (Å²) in [6.07, 6.45) is 4.62. The summed E-state index contributed by atoms with van der Waals surface area (Å²) < 4.78 is 12.5. The molecule has 162 valence electrons. The Balaban J connectivity index is 1.60. The zero-order valence-electron chi connectivity index (χ0n) is 17.8. The van der Waals surface area contributed by atoms with Crippen LogP contribution in [0.3, 0.4) is 0 Å². The van der Waals surface area contributed by atoms with Crippen molar-refractivity contribution < 1.29 is 14.3 Å². The lowest BCUT2D eigenvalue weighted by Gasteiger charge is -2.13. The Labute approximate surface area is 192 Å². The van der Waals surface area contributed by atoms with Crippen LogP contribution in [0.2, 0.25) is 0 Å². The first kappa shape index (κ1) is 22.9. The molecule has 4 nitrogen and oxygen atoms in total. The van der Waals surface area contributed by atoms with Crippen molar-refractivity contribution in [2.75, 3.05) is 11.9 Å². The van der Waals surface area contributed by atoms with Crippen LogP contribution in [0.4, 0.5) is 5.69 Å². The predicted molar refractivity (Wildman–Crippen MR) is 129 cm³/mol. The van der Waals surface area contributed by atoms with E-state index in [0.717, 1.165) is 22.2 Å². The van der Waals surface area contributed by atoms with Gasteiger partial charge in [0.2, 0.25) is 0 Å². The fourth-order valence-electron chi connectivity index (χ4n) is 3.10. The Bertz CT molecular complexity index is 975. The number of carbonyl (C=O) groups excluding carboxylic acids is 1. The van der Waals surface area contributed by atoms with Crippen LogP contribution >= 0.6 is 15.9 Å². The normalized spacial score (nSPS) is 10.5. The summed E-state index contributed by atoms with van der Waals surface area (Å²) in [4.78, 5) is 12.8. The molecule has 0 atom stereocenters. The van der Waals surface area contributed by atoms with Gasteiger partial charge in [0.05, 0.1) is 16.8 Å². The molecular weight excluding hydrogens is 454 g/mol. The van der Waals surface area contributed by atoms with Crippen LogP contribution < -0.4 is 14.8 Å². The molecule has 0 radical (unpaired) electrons. The molecule has 5 heteroatoms. The first-order valence-corrected chi connectivity index (χ1v) is 11.5. The summed E-state index contributed by atoms with van der Waals surface area (Å²) in [5.74, 6) is 1.18. The van der Waals surface area contributed by atoms with Gasteiger partial charge in [0.1, 0.15) is 18.1 Å². The first-order valence-electron chi connectivity index (χ1n) is 10.7. The lowest BCUT2D eigenvalue weighted by Crippen LogP contribution is -2.13. The van der Waals surface area contributed by atoms with Crippen molar-refractivity contribution in [2.45, 2.75) is 39.2 Å². The quantitative estimate of drug-likeness (QED) is 0.293. The van der Waals surface area contributed by atoms with E-state index in [2.05, 4.69) is 28.2 Å². The van der Waals surface area contributed by atoms with Crippen molar-refractivity contribution in [2.24, 2.45) is 0 Å². The summed E-state index contributed by atoms with van der Waals surface area (Å²) in [6, 6.07) is 22.8. The van der Waals surface area contributed by atoms with E-state index in [1.165, 1.54) is 19.3 Å². The van der Waals surface area contributed by atoms with Crippen molar-refractivity contribution in [3.05, 3.63) is 88.4 Å². The molecule has 3 aromatic rings. The number of benzene rings is 3. The molecule has 0 heterocycles. The standard InChI is InChI=1S/C26H28BrNO3/c1-2-3-4-10-17-30-24-16-15-21(18-22(24)27)26(29)28-23-13-8-9-14-25(23)31-19-20-11-6-5-7-12-20/h5-9,11-16,18H,2-4,10,17,19H2,1H3,(H,28,29). The number of nitrogens with one attached hydrogen (secondary N) is 1. The molecule has 0 bridgehead atoms. The van der Waals surface area contributed by atoms with Crippen molar-refractivity contribution in [3.8, 4) is 11.5 Å². The Morgan fingerprint density at radius 3 is 2.42 bits per heavy atom. The average Bonchev–Trinajstić information content (AvgIpc) is 2.80. The molecular formula is C26H28BrNO3. The largest absolute Gasteiger partial charge is 0.492 e. The maximum absolute atomic E-state index is 12.8. The second-order valence-corrected chi connectivity index (χ2v) is 8.13. The van der Waals surface area contributed by atoms with Crippen molar-refractivity contribution in [3.63, 3.8) is 0 Å². The van der Waals surface area contributed by atoms with Crippen LogP contribution in [0, 0.1) is 0 Å². The van der Waals surface area contributed by atoms with Gasteiger partial charge in [-0.25, -0.2) is 0 Å². The van der Waals surface area contributed by atoms with E-state index in [4.69, 9.17) is 9.47 Å². The zero-order chi connectivity index (χ0) is 21.9. The van der Waals surface area contributed by atoms with E-state index in [9.17, 15) is 4.79 Å². The summed E-state index contributed by atoms with van der Waals surface area (Å²) in [7, 11) is 0. The molecule has 1 N–H and O–H groups in total. The maximum Gasteiger partial charge on any atom is 0.255 e. The number of carbonyl (C=O) groups is 1. The van der Waals surface area contributed by atoms with Crippen molar-refractivity contribution in [1.29, 1.82) is 0 Å². The average molecular weight is 482 g/mol. The second-order valence-electron chi connectivity index (χ2n) is 7.28. The van der Waals surface area contributed by atoms with E-state index < -0.39 is 0 Å². The third-order valence-corrected chi connectivity index (χ3v) is 5.44. The fraction of sp³-hybridized carbons (Fsp3) is 0.269. The summed E-state index contributed by atoms with van der Waals surface area (Å²) in [6.45, 7) is 3.30. The van der Waals surface area contributed by atoms with Gasteiger partial charge >= 0.3 is 0 Å². The van der Waals surface area contributed by atoms with Gasteiger partial charge in [-0.15, -0.1) is 0 Å². The molecule has 3 rings (SSSR count). The van der Waals surface area contributed by atoms with Crippen LogP contribution in [0.1, 0.15) is 48.5 Å². The third kappa shape index (κ3) is 7.14. The van der Waals surface area contributed by atoms with E-state index in [1.54, 1.807) is 12.1 Å². The molecule has 0 spiro atoms. The Morgan fingerprint density at radius 2 is 1.65 bits per heavy atom. The maximum atomic E-state index is 12.8. The molecule has 0 unspecified atom stereocenters. The molecule has 0 aliphatic carbocycles. The first-order chi connectivity index (χ1) is 15.2. The van der Waals surface area contributed by atoms with Gasteiger partial charge < -0.3 is 14.8 Å². The van der Waals surface area contributed by atoms with Gasteiger partial charge in [0.15, 0.2) is 0 Å². The van der Waals surface area contributed by atoms with Gasteiger partial charge in [-0.3, -0.25) is 4.79 Å². The minimum atomic E-state index is -0.203. The number of hydrogen-bond acceptors (Lipinski definition) is 3. The molecule has 1 amide bonds. The van der Waals surface area contributed by atoms with Crippen LogP contribution in [0.5, 0.6) is 11.5 Å². The SMILES string of the molecule is CCCCCCOc1ccc(C(=O)Nc2ccccc2OCc2ccccc2)cc1Br. The number of amides is 1. The fourth-order valence-corrected chi connectivity index (χ4v) is 3.59. The summed E-state index contributed by atoms with van der Waals surface area (Å²) >= 11 is 3.52. The van der Waals surface area contributed by atoms with Crippen LogP contribution in [-0.2, 0) is 6.61 Å². The number of anilines is 1. The predicted octanol–water partition coefficient (Wildman–Crippen LogP) is 7.24. The highest BCUT2D eigenvalue weighted by Gasteiger charge is 2.12. The van der Waals surface area contributed by atoms with Crippen molar-refractivity contribution in [1.82, 2.24) is 0 Å². The number of halogens is 1. The van der Waals surface area contributed by atoms with E-state index in [-0.39, 0.29) is 5.91 Å². The van der Waals surface area contributed by atoms with Crippen LogP contribution in [-0.4, -0.2) is 12.5 Å². The van der Waals surface area contributed by atoms with Crippen molar-refractivity contribution >= 4 is 27.5 Å². The Hall–Kier alpha value is -2.79. The summed E-state index contributed by atoms with van der Waals surface area (Å²) in [5.41, 5.74) is 2.25. The molecule has 0 fully saturated rings. The topological polar surface area (TPSA) is 47.6 Å². The molecule has 0 saturated heterocycles. The number of unbranched alkanes of at least 4 members (excludes halogenated alkanes) is 3. The van der Waals surface area contributed by atoms with Gasteiger partial charge in [0.25, 0.3) is 5.91 Å². The van der Waals surface area contributed by atoms with E-state index in [0.29, 0.717) is 30.2 Å². The lowest BCUT2D eigenvalue weighted by atomic mass is 10.2. The van der Waals surface area contributed by atoms with Crippen LogP contribution in [0.25, 0.3) is 0 Å². The number of rotatable bonds is 11. The molecule has 3 aromatic carbocycles. The number of hydrogen-bond donors (Lipinski definition) is 1. The molecule has 0 aliphatic rings. The molecule has 31 heavy (non-hydrogen) atoms. The monoisotopic (exact) mass is 481 g/mol. The highest BCUT2D eigenvalue weighted by molar-refractivity contribution is 9.10. The highest BCUT2D eigenvalue weighted by Crippen LogP contribution is 2.28. The Morgan fingerprint density at radius 1 is 0.871 bits per heavy atom. The minimum Gasteiger partial charge on any atom is -0.492 e. The second kappa shape index (κ2) is 12.2. The Kier molecular flexibility index (Phi) is 8.98. The summed E-state index contributed by atoms with van der Waals surface area (Å²) in [5, 5.41) is 2.95. The molecule has 0 aromatic heterocycles. The molecule has 0 saturated carbocycles. The van der Waals surface area contributed by atoms with Crippen LogP contribution in [0.15, 0.2) is 77.3 Å². The lowest BCUT2D eigenvalue weighted by molar-refractivity contribution is 0.102.